The van der Waals surface area contributed by atoms with Gasteiger partial charge in [0.15, 0.2) is 0 Å². The minimum Gasteiger partial charge on any atom is -0.399 e. The second-order valence-corrected chi connectivity index (χ2v) is 5.15. The van der Waals surface area contributed by atoms with Gasteiger partial charge in [-0.15, -0.1) is 0 Å². The predicted octanol–water partition coefficient (Wildman–Crippen LogP) is 3.00. The molecule has 1 fully saturated rings. The van der Waals surface area contributed by atoms with E-state index in [9.17, 15) is 0 Å². The Balaban J connectivity index is 1.75. The monoisotopic (exact) mass is 253 g/mol. The van der Waals surface area contributed by atoms with Crippen LogP contribution in [0.4, 0.5) is 5.69 Å². The summed E-state index contributed by atoms with van der Waals surface area (Å²) in [7, 11) is 0. The van der Waals surface area contributed by atoms with Crippen molar-refractivity contribution in [2.24, 2.45) is 0 Å². The summed E-state index contributed by atoms with van der Waals surface area (Å²) in [5.41, 5.74) is 9.27. The molecule has 1 aromatic heterocycles. The van der Waals surface area contributed by atoms with E-state index in [1.165, 1.54) is 24.0 Å². The average molecular weight is 253 g/mol. The summed E-state index contributed by atoms with van der Waals surface area (Å²) >= 11 is 0. The number of hydrogen-bond acceptors (Lipinski definition) is 3. The van der Waals surface area contributed by atoms with E-state index < -0.39 is 0 Å². The Labute approximate surface area is 114 Å². The van der Waals surface area contributed by atoms with Crippen LogP contribution < -0.4 is 5.73 Å². The minimum atomic E-state index is 0.528. The first-order valence-electron chi connectivity index (χ1n) is 6.81. The highest BCUT2D eigenvalue weighted by Gasteiger charge is 2.25. The second kappa shape index (κ2) is 5.41. The van der Waals surface area contributed by atoms with Crippen molar-refractivity contribution in [3.63, 3.8) is 0 Å². The zero-order valence-electron chi connectivity index (χ0n) is 11.0. The molecular weight excluding hydrogens is 234 g/mol. The number of benzene rings is 1. The summed E-state index contributed by atoms with van der Waals surface area (Å²) in [5.74, 6) is 0. The van der Waals surface area contributed by atoms with Crippen LogP contribution in [0.1, 0.15) is 30.0 Å². The van der Waals surface area contributed by atoms with Crippen LogP contribution in [0.3, 0.4) is 0 Å². The Morgan fingerprint density at radius 2 is 1.84 bits per heavy atom. The van der Waals surface area contributed by atoms with Gasteiger partial charge in [-0.25, -0.2) is 0 Å². The normalized spacial score (nSPS) is 19.7. The van der Waals surface area contributed by atoms with Gasteiger partial charge in [0, 0.05) is 30.7 Å². The van der Waals surface area contributed by atoms with Crippen molar-refractivity contribution in [3.05, 3.63) is 59.9 Å². The Morgan fingerprint density at radius 1 is 1.11 bits per heavy atom. The summed E-state index contributed by atoms with van der Waals surface area (Å²) in [6.07, 6.45) is 6.27. The summed E-state index contributed by atoms with van der Waals surface area (Å²) in [6, 6.07) is 13.0. The van der Waals surface area contributed by atoms with Crippen molar-refractivity contribution in [1.29, 1.82) is 0 Å². The molecule has 1 saturated heterocycles. The van der Waals surface area contributed by atoms with E-state index in [1.807, 2.05) is 24.5 Å². The predicted molar refractivity (Wildman–Crippen MR) is 77.5 cm³/mol. The Morgan fingerprint density at radius 3 is 2.58 bits per heavy atom. The number of pyridine rings is 1. The lowest BCUT2D eigenvalue weighted by atomic mass is 10.1. The third kappa shape index (κ3) is 2.76. The van der Waals surface area contributed by atoms with Gasteiger partial charge in [-0.3, -0.25) is 9.88 Å². The molecule has 2 N–H and O–H groups in total. The third-order valence-corrected chi connectivity index (χ3v) is 3.82. The minimum absolute atomic E-state index is 0.528. The second-order valence-electron chi connectivity index (χ2n) is 5.15. The molecule has 1 aliphatic rings. The molecule has 0 spiro atoms. The number of nitrogen functional groups attached to an aromatic ring is 1. The molecule has 1 atom stereocenters. The van der Waals surface area contributed by atoms with Crippen LogP contribution in [0.15, 0.2) is 48.8 Å². The van der Waals surface area contributed by atoms with Crippen molar-refractivity contribution >= 4 is 5.69 Å². The Hall–Kier alpha value is -1.87. The molecule has 0 radical (unpaired) electrons. The number of hydrogen-bond donors (Lipinski definition) is 1. The molecule has 0 bridgehead atoms. The van der Waals surface area contributed by atoms with Crippen LogP contribution in [-0.4, -0.2) is 16.4 Å². The summed E-state index contributed by atoms with van der Waals surface area (Å²) in [4.78, 5) is 6.65. The molecule has 2 aromatic rings. The molecule has 19 heavy (non-hydrogen) atoms. The maximum absolute atomic E-state index is 5.73. The van der Waals surface area contributed by atoms with Crippen LogP contribution in [0.25, 0.3) is 0 Å². The number of nitrogens with two attached hydrogens (primary N) is 1. The highest BCUT2D eigenvalue weighted by atomic mass is 15.2. The molecule has 1 aromatic carbocycles. The maximum atomic E-state index is 5.73. The fourth-order valence-corrected chi connectivity index (χ4v) is 2.84. The van der Waals surface area contributed by atoms with E-state index in [0.717, 1.165) is 18.8 Å². The molecule has 2 heterocycles. The molecule has 3 rings (SSSR count). The van der Waals surface area contributed by atoms with Crippen LogP contribution >= 0.6 is 0 Å². The van der Waals surface area contributed by atoms with Crippen LogP contribution in [-0.2, 0) is 6.54 Å². The van der Waals surface area contributed by atoms with Crippen LogP contribution in [0.5, 0.6) is 0 Å². The quantitative estimate of drug-likeness (QED) is 0.855. The summed E-state index contributed by atoms with van der Waals surface area (Å²) in [5, 5.41) is 0. The Bertz CT molecular complexity index is 521. The number of anilines is 1. The SMILES string of the molecule is Nc1ccc(CN2CCCC2c2ccncc2)cc1. The maximum Gasteiger partial charge on any atom is 0.0353 e. The van der Waals surface area contributed by atoms with Crippen molar-refractivity contribution in [2.45, 2.75) is 25.4 Å². The third-order valence-electron chi connectivity index (χ3n) is 3.82. The van der Waals surface area contributed by atoms with Crippen LogP contribution in [0.2, 0.25) is 0 Å². The highest BCUT2D eigenvalue weighted by Crippen LogP contribution is 2.32. The number of likely N-dealkylation sites (tertiary alicyclic amines) is 1. The topological polar surface area (TPSA) is 42.1 Å². The molecule has 0 aliphatic carbocycles. The van der Waals surface area contributed by atoms with Gasteiger partial charge in [0.1, 0.15) is 0 Å². The first-order chi connectivity index (χ1) is 9.33. The fourth-order valence-electron chi connectivity index (χ4n) is 2.84. The van der Waals surface area contributed by atoms with Crippen LogP contribution in [0, 0.1) is 0 Å². The van der Waals surface area contributed by atoms with E-state index in [-0.39, 0.29) is 0 Å². The van der Waals surface area contributed by atoms with E-state index in [4.69, 9.17) is 5.73 Å². The lowest BCUT2D eigenvalue weighted by molar-refractivity contribution is 0.248. The molecule has 0 amide bonds. The summed E-state index contributed by atoms with van der Waals surface area (Å²) in [6.45, 7) is 2.16. The van der Waals surface area contributed by atoms with Gasteiger partial charge in [0.05, 0.1) is 0 Å². The first kappa shape index (κ1) is 12.2. The molecule has 1 aliphatic heterocycles. The number of aromatic nitrogens is 1. The molecule has 3 heteroatoms. The lowest BCUT2D eigenvalue weighted by Crippen LogP contribution is -2.22. The molecule has 1 unspecified atom stereocenters. The molecule has 98 valence electrons. The molecule has 3 nitrogen and oxygen atoms in total. The highest BCUT2D eigenvalue weighted by molar-refractivity contribution is 5.39. The van der Waals surface area contributed by atoms with Crippen molar-refractivity contribution in [1.82, 2.24) is 9.88 Å². The number of nitrogens with zero attached hydrogens (tertiary/aromatic N) is 2. The molecule has 0 saturated carbocycles. The zero-order valence-corrected chi connectivity index (χ0v) is 11.0. The van der Waals surface area contributed by atoms with Gasteiger partial charge in [0.2, 0.25) is 0 Å². The number of rotatable bonds is 3. The van der Waals surface area contributed by atoms with Gasteiger partial charge in [-0.05, 0) is 54.8 Å². The zero-order chi connectivity index (χ0) is 13.1. The van der Waals surface area contributed by atoms with E-state index in [0.29, 0.717) is 6.04 Å². The molecular formula is C16H19N3. The Kier molecular flexibility index (Phi) is 3.47. The smallest absolute Gasteiger partial charge is 0.0353 e. The average Bonchev–Trinajstić information content (AvgIpc) is 2.90. The van der Waals surface area contributed by atoms with E-state index in [1.54, 1.807) is 0 Å². The summed E-state index contributed by atoms with van der Waals surface area (Å²) < 4.78 is 0. The fraction of sp³-hybridized carbons (Fsp3) is 0.312. The largest absolute Gasteiger partial charge is 0.399 e. The van der Waals surface area contributed by atoms with Gasteiger partial charge >= 0.3 is 0 Å². The standard InChI is InChI=1S/C16H19N3/c17-15-5-3-13(4-6-15)12-19-11-1-2-16(19)14-7-9-18-10-8-14/h3-10,16H,1-2,11-12,17H2. The van der Waals surface area contributed by atoms with Crippen molar-refractivity contribution < 1.29 is 0 Å². The van der Waals surface area contributed by atoms with Gasteiger partial charge in [-0.2, -0.15) is 0 Å². The van der Waals surface area contributed by atoms with Crippen molar-refractivity contribution in [3.8, 4) is 0 Å². The van der Waals surface area contributed by atoms with Gasteiger partial charge < -0.3 is 5.73 Å². The van der Waals surface area contributed by atoms with Crippen molar-refractivity contribution in [2.75, 3.05) is 12.3 Å². The first-order valence-corrected chi connectivity index (χ1v) is 6.81. The lowest BCUT2D eigenvalue weighted by Gasteiger charge is -2.24. The van der Waals surface area contributed by atoms with E-state index in [2.05, 4.69) is 34.1 Å². The van der Waals surface area contributed by atoms with E-state index >= 15 is 0 Å². The van der Waals surface area contributed by atoms with Gasteiger partial charge in [0.25, 0.3) is 0 Å². The van der Waals surface area contributed by atoms with Gasteiger partial charge in [-0.1, -0.05) is 12.1 Å².